The summed E-state index contributed by atoms with van der Waals surface area (Å²) in [6.45, 7) is 3.47. The fourth-order valence-electron chi connectivity index (χ4n) is 2.43. The van der Waals surface area contributed by atoms with Gasteiger partial charge >= 0.3 is 5.97 Å². The SMILES string of the molecule is CC(C)OC(=O)CC(NC(=O)CSc1ccc(F)c(F)c1)c1ccccc1Cl. The second-order valence-corrected chi connectivity index (χ2v) is 7.70. The summed E-state index contributed by atoms with van der Waals surface area (Å²) >= 11 is 7.27. The van der Waals surface area contributed by atoms with Crippen LogP contribution >= 0.6 is 23.4 Å². The van der Waals surface area contributed by atoms with Crippen molar-refractivity contribution < 1.29 is 23.1 Å². The van der Waals surface area contributed by atoms with Crippen molar-refractivity contribution in [2.24, 2.45) is 0 Å². The number of hydrogen-bond acceptors (Lipinski definition) is 4. The van der Waals surface area contributed by atoms with Crippen molar-refractivity contribution in [1.82, 2.24) is 5.32 Å². The minimum absolute atomic E-state index is 0.0365. The number of thioether (sulfide) groups is 1. The molecule has 0 spiro atoms. The molecule has 0 aliphatic heterocycles. The van der Waals surface area contributed by atoms with E-state index in [1.165, 1.54) is 6.07 Å². The maximum Gasteiger partial charge on any atom is 0.308 e. The molecule has 0 saturated carbocycles. The van der Waals surface area contributed by atoms with Crippen LogP contribution in [0.4, 0.5) is 8.78 Å². The normalized spacial score (nSPS) is 11.9. The third-order valence-electron chi connectivity index (χ3n) is 3.61. The van der Waals surface area contributed by atoms with E-state index in [4.69, 9.17) is 16.3 Å². The van der Waals surface area contributed by atoms with Crippen LogP contribution in [0.1, 0.15) is 31.9 Å². The van der Waals surface area contributed by atoms with Crippen molar-refractivity contribution in [2.75, 3.05) is 5.75 Å². The molecule has 0 saturated heterocycles. The van der Waals surface area contributed by atoms with Gasteiger partial charge in [-0.1, -0.05) is 29.8 Å². The van der Waals surface area contributed by atoms with Crippen LogP contribution in [0.3, 0.4) is 0 Å². The highest BCUT2D eigenvalue weighted by molar-refractivity contribution is 8.00. The van der Waals surface area contributed by atoms with Gasteiger partial charge in [-0.05, 0) is 43.7 Å². The highest BCUT2D eigenvalue weighted by atomic mass is 35.5. The molecule has 1 N–H and O–H groups in total. The number of halogens is 3. The Bertz CT molecular complexity index is 848. The van der Waals surface area contributed by atoms with Gasteiger partial charge in [0, 0.05) is 9.92 Å². The van der Waals surface area contributed by atoms with Crippen LogP contribution < -0.4 is 5.32 Å². The van der Waals surface area contributed by atoms with Crippen LogP contribution in [0, 0.1) is 11.6 Å². The second kappa shape index (κ2) is 10.4. The van der Waals surface area contributed by atoms with Crippen molar-refractivity contribution in [3.8, 4) is 0 Å². The monoisotopic (exact) mass is 427 g/mol. The lowest BCUT2D eigenvalue weighted by atomic mass is 10.0. The number of hydrogen-bond donors (Lipinski definition) is 1. The Morgan fingerprint density at radius 3 is 2.50 bits per heavy atom. The highest BCUT2D eigenvalue weighted by Crippen LogP contribution is 2.26. The zero-order chi connectivity index (χ0) is 20.7. The minimum atomic E-state index is -0.976. The largest absolute Gasteiger partial charge is 0.463 e. The number of ether oxygens (including phenoxy) is 1. The molecular formula is C20H20ClF2NO3S. The standard InChI is InChI=1S/C20H20ClF2NO3S/c1-12(2)27-20(26)10-18(14-5-3-4-6-15(14)21)24-19(25)11-28-13-7-8-16(22)17(23)9-13/h3-9,12,18H,10-11H2,1-2H3,(H,24,25). The highest BCUT2D eigenvalue weighted by Gasteiger charge is 2.22. The molecule has 28 heavy (non-hydrogen) atoms. The molecule has 0 heterocycles. The van der Waals surface area contributed by atoms with Gasteiger partial charge in [0.15, 0.2) is 11.6 Å². The first-order valence-electron chi connectivity index (χ1n) is 8.57. The van der Waals surface area contributed by atoms with Gasteiger partial charge < -0.3 is 10.1 Å². The third-order valence-corrected chi connectivity index (χ3v) is 4.95. The third kappa shape index (κ3) is 6.80. The number of benzene rings is 2. The summed E-state index contributed by atoms with van der Waals surface area (Å²) in [6.07, 6.45) is -0.359. The number of carbonyl (C=O) groups excluding carboxylic acids is 2. The van der Waals surface area contributed by atoms with Gasteiger partial charge in [0.2, 0.25) is 5.91 Å². The molecule has 2 aromatic carbocycles. The summed E-state index contributed by atoms with van der Waals surface area (Å²) in [5, 5.41) is 3.18. The summed E-state index contributed by atoms with van der Waals surface area (Å²) in [6, 6.07) is 9.64. The average Bonchev–Trinajstić information content (AvgIpc) is 2.62. The average molecular weight is 428 g/mol. The lowest BCUT2D eigenvalue weighted by Crippen LogP contribution is -2.32. The van der Waals surface area contributed by atoms with E-state index in [0.29, 0.717) is 15.5 Å². The maximum atomic E-state index is 13.3. The summed E-state index contributed by atoms with van der Waals surface area (Å²) in [5.41, 5.74) is 0.594. The molecule has 0 aliphatic rings. The summed E-state index contributed by atoms with van der Waals surface area (Å²) < 4.78 is 31.4. The molecule has 0 bridgehead atoms. The topological polar surface area (TPSA) is 55.4 Å². The molecule has 2 rings (SSSR count). The van der Waals surface area contributed by atoms with Crippen molar-refractivity contribution in [3.05, 3.63) is 64.7 Å². The summed E-state index contributed by atoms with van der Waals surface area (Å²) in [7, 11) is 0. The van der Waals surface area contributed by atoms with Gasteiger partial charge in [-0.2, -0.15) is 0 Å². The maximum absolute atomic E-state index is 13.3. The quantitative estimate of drug-likeness (QED) is 0.480. The Hall–Kier alpha value is -2.12. The molecule has 1 unspecified atom stereocenters. The van der Waals surface area contributed by atoms with Crippen LogP contribution in [0.15, 0.2) is 47.4 Å². The molecular weight excluding hydrogens is 408 g/mol. The molecule has 2 aromatic rings. The van der Waals surface area contributed by atoms with Crippen LogP contribution in [0.25, 0.3) is 0 Å². The Morgan fingerprint density at radius 1 is 1.14 bits per heavy atom. The Kier molecular flexibility index (Phi) is 8.26. The molecule has 1 atom stereocenters. The number of rotatable bonds is 8. The molecule has 8 heteroatoms. The molecule has 0 aromatic heterocycles. The zero-order valence-corrected chi connectivity index (χ0v) is 16.9. The molecule has 4 nitrogen and oxygen atoms in total. The Morgan fingerprint density at radius 2 is 1.86 bits per heavy atom. The first kappa shape index (κ1) is 22.2. The van der Waals surface area contributed by atoms with Gasteiger partial charge in [0.05, 0.1) is 24.3 Å². The van der Waals surface area contributed by atoms with Crippen molar-refractivity contribution in [2.45, 2.75) is 37.3 Å². The molecule has 1 amide bonds. The van der Waals surface area contributed by atoms with Gasteiger partial charge in [-0.25, -0.2) is 8.78 Å². The van der Waals surface area contributed by atoms with Crippen LogP contribution in [-0.4, -0.2) is 23.7 Å². The second-order valence-electron chi connectivity index (χ2n) is 6.25. The predicted molar refractivity (Wildman–Crippen MR) is 105 cm³/mol. The number of carbonyl (C=O) groups is 2. The molecule has 150 valence electrons. The van der Waals surface area contributed by atoms with Gasteiger partial charge in [-0.3, -0.25) is 9.59 Å². The fraction of sp³-hybridized carbons (Fsp3) is 0.300. The summed E-state index contributed by atoms with van der Waals surface area (Å²) in [5.74, 6) is -2.80. The van der Waals surface area contributed by atoms with Crippen molar-refractivity contribution in [3.63, 3.8) is 0 Å². The molecule has 0 fully saturated rings. The van der Waals surface area contributed by atoms with Gasteiger partial charge in [-0.15, -0.1) is 11.8 Å². The van der Waals surface area contributed by atoms with Crippen molar-refractivity contribution >= 4 is 35.2 Å². The lowest BCUT2D eigenvalue weighted by Gasteiger charge is -2.20. The van der Waals surface area contributed by atoms with E-state index in [-0.39, 0.29) is 24.2 Å². The molecule has 0 radical (unpaired) electrons. The minimum Gasteiger partial charge on any atom is -0.463 e. The lowest BCUT2D eigenvalue weighted by molar-refractivity contribution is -0.148. The first-order chi connectivity index (χ1) is 13.3. The number of esters is 1. The van der Waals surface area contributed by atoms with Crippen LogP contribution in [0.5, 0.6) is 0 Å². The van der Waals surface area contributed by atoms with E-state index in [1.54, 1.807) is 38.1 Å². The van der Waals surface area contributed by atoms with Crippen LogP contribution in [-0.2, 0) is 14.3 Å². The van der Waals surface area contributed by atoms with Gasteiger partial charge in [0.25, 0.3) is 0 Å². The summed E-state index contributed by atoms with van der Waals surface area (Å²) in [4.78, 5) is 24.9. The van der Waals surface area contributed by atoms with E-state index in [1.807, 2.05) is 0 Å². The fourth-order valence-corrected chi connectivity index (χ4v) is 3.43. The number of amides is 1. The first-order valence-corrected chi connectivity index (χ1v) is 9.93. The van der Waals surface area contributed by atoms with E-state index in [2.05, 4.69) is 5.32 Å². The van der Waals surface area contributed by atoms with E-state index >= 15 is 0 Å². The Labute approximate surface area is 171 Å². The van der Waals surface area contributed by atoms with E-state index in [0.717, 1.165) is 23.9 Å². The zero-order valence-electron chi connectivity index (χ0n) is 15.4. The van der Waals surface area contributed by atoms with Crippen LogP contribution in [0.2, 0.25) is 5.02 Å². The smallest absolute Gasteiger partial charge is 0.308 e. The van der Waals surface area contributed by atoms with Gasteiger partial charge in [0.1, 0.15) is 0 Å². The van der Waals surface area contributed by atoms with E-state index < -0.39 is 23.6 Å². The Balaban J connectivity index is 2.05. The predicted octanol–water partition coefficient (Wildman–Crippen LogP) is 4.91. The molecule has 0 aliphatic carbocycles. The number of nitrogens with one attached hydrogen (secondary N) is 1. The van der Waals surface area contributed by atoms with E-state index in [9.17, 15) is 18.4 Å². The van der Waals surface area contributed by atoms with Crippen molar-refractivity contribution in [1.29, 1.82) is 0 Å².